The maximum absolute atomic E-state index is 6.59. The normalized spacial score (nSPS) is 11.6. The molecule has 206 valence electrons. The number of para-hydroxylation sites is 3. The Morgan fingerprint density at radius 1 is 0.409 bits per heavy atom. The standard InChI is InChI=1S/C41H26N2O/c1-2-10-27(11-3-1)28-20-22-29(23-21-28)30-12-8-13-31(26-30)32-16-9-17-35-36-24-25-39(42-41(36)44-40(32)35)43-37-18-6-4-14-33(37)34-15-5-7-19-38(34)43/h1-26H. The first kappa shape index (κ1) is 24.6. The second kappa shape index (κ2) is 9.82. The molecule has 0 saturated carbocycles. The summed E-state index contributed by atoms with van der Waals surface area (Å²) in [5.74, 6) is 0.844. The van der Waals surface area contributed by atoms with Crippen LogP contribution in [-0.4, -0.2) is 9.55 Å². The van der Waals surface area contributed by atoms with Gasteiger partial charge in [-0.15, -0.1) is 0 Å². The van der Waals surface area contributed by atoms with Gasteiger partial charge in [0.15, 0.2) is 0 Å². The minimum absolute atomic E-state index is 0.638. The highest BCUT2D eigenvalue weighted by atomic mass is 16.3. The van der Waals surface area contributed by atoms with E-state index in [9.17, 15) is 0 Å². The van der Waals surface area contributed by atoms with Gasteiger partial charge in [0.2, 0.25) is 5.71 Å². The van der Waals surface area contributed by atoms with Crippen molar-refractivity contribution in [1.29, 1.82) is 0 Å². The summed E-state index contributed by atoms with van der Waals surface area (Å²) in [6, 6.07) is 55.5. The number of hydrogen-bond donors (Lipinski definition) is 0. The van der Waals surface area contributed by atoms with E-state index in [-0.39, 0.29) is 0 Å². The number of hydrogen-bond acceptors (Lipinski definition) is 2. The predicted molar refractivity (Wildman–Crippen MR) is 182 cm³/mol. The predicted octanol–water partition coefficient (Wildman–Crippen LogP) is 11.1. The lowest BCUT2D eigenvalue weighted by Crippen LogP contribution is -1.96. The monoisotopic (exact) mass is 562 g/mol. The van der Waals surface area contributed by atoms with Crippen molar-refractivity contribution in [2.45, 2.75) is 0 Å². The summed E-state index contributed by atoms with van der Waals surface area (Å²) in [6.07, 6.45) is 0. The van der Waals surface area contributed by atoms with Crippen LogP contribution in [0.2, 0.25) is 0 Å². The fraction of sp³-hybridized carbons (Fsp3) is 0. The largest absolute Gasteiger partial charge is 0.437 e. The minimum atomic E-state index is 0.638. The summed E-state index contributed by atoms with van der Waals surface area (Å²) < 4.78 is 8.81. The lowest BCUT2D eigenvalue weighted by Gasteiger charge is -2.08. The second-order valence-corrected chi connectivity index (χ2v) is 11.2. The van der Waals surface area contributed by atoms with Gasteiger partial charge in [0.25, 0.3) is 0 Å². The Balaban J connectivity index is 1.15. The third-order valence-corrected chi connectivity index (χ3v) is 8.66. The molecule has 3 heteroatoms. The van der Waals surface area contributed by atoms with Gasteiger partial charge >= 0.3 is 0 Å². The second-order valence-electron chi connectivity index (χ2n) is 11.2. The number of fused-ring (bicyclic) bond motifs is 6. The first-order valence-corrected chi connectivity index (χ1v) is 14.9. The average Bonchev–Trinajstić information content (AvgIpc) is 3.64. The molecule has 0 spiro atoms. The van der Waals surface area contributed by atoms with Crippen molar-refractivity contribution >= 4 is 43.9 Å². The van der Waals surface area contributed by atoms with Crippen LogP contribution in [0.25, 0.3) is 83.1 Å². The maximum atomic E-state index is 6.59. The van der Waals surface area contributed by atoms with E-state index in [0.29, 0.717) is 5.71 Å². The summed E-state index contributed by atoms with van der Waals surface area (Å²) in [5, 5.41) is 4.51. The van der Waals surface area contributed by atoms with Gasteiger partial charge in [-0.1, -0.05) is 127 Å². The van der Waals surface area contributed by atoms with Gasteiger partial charge < -0.3 is 4.42 Å². The number of pyridine rings is 1. The summed E-state index contributed by atoms with van der Waals surface area (Å²) in [6.45, 7) is 0. The highest BCUT2D eigenvalue weighted by Crippen LogP contribution is 2.38. The highest BCUT2D eigenvalue weighted by molar-refractivity contribution is 6.11. The number of rotatable bonds is 4. The van der Waals surface area contributed by atoms with Crippen molar-refractivity contribution in [2.75, 3.05) is 0 Å². The van der Waals surface area contributed by atoms with Gasteiger partial charge in [0.1, 0.15) is 11.4 Å². The molecule has 9 rings (SSSR count). The molecule has 0 N–H and O–H groups in total. The molecule has 0 bridgehead atoms. The molecule has 6 aromatic carbocycles. The molecule has 3 heterocycles. The molecule has 0 atom stereocenters. The Morgan fingerprint density at radius 2 is 0.977 bits per heavy atom. The Hall–Kier alpha value is -5.93. The molecule has 0 aliphatic rings. The zero-order chi connectivity index (χ0) is 29.0. The van der Waals surface area contributed by atoms with Crippen LogP contribution >= 0.6 is 0 Å². The molecule has 0 radical (unpaired) electrons. The first-order chi connectivity index (χ1) is 21.8. The highest BCUT2D eigenvalue weighted by Gasteiger charge is 2.17. The zero-order valence-electron chi connectivity index (χ0n) is 23.8. The lowest BCUT2D eigenvalue weighted by molar-refractivity contribution is 0.654. The van der Waals surface area contributed by atoms with Crippen molar-refractivity contribution in [3.63, 3.8) is 0 Å². The van der Waals surface area contributed by atoms with Crippen LogP contribution in [0, 0.1) is 0 Å². The number of benzene rings is 6. The third-order valence-electron chi connectivity index (χ3n) is 8.66. The molecule has 3 aromatic heterocycles. The molecule has 0 aliphatic carbocycles. The molecule has 0 fully saturated rings. The summed E-state index contributed by atoms with van der Waals surface area (Å²) in [7, 11) is 0. The van der Waals surface area contributed by atoms with Crippen LogP contribution in [0.1, 0.15) is 0 Å². The third kappa shape index (κ3) is 3.87. The molecular weight excluding hydrogens is 536 g/mol. The molecule has 9 aromatic rings. The zero-order valence-corrected chi connectivity index (χ0v) is 23.8. The number of furan rings is 1. The Bertz CT molecular complexity index is 2430. The Morgan fingerprint density at radius 3 is 1.73 bits per heavy atom. The van der Waals surface area contributed by atoms with Gasteiger partial charge in [-0.25, -0.2) is 0 Å². The van der Waals surface area contributed by atoms with Crippen molar-refractivity contribution in [3.05, 3.63) is 158 Å². The first-order valence-electron chi connectivity index (χ1n) is 14.9. The van der Waals surface area contributed by atoms with E-state index in [2.05, 4.69) is 156 Å². The van der Waals surface area contributed by atoms with Gasteiger partial charge in [-0.3, -0.25) is 4.57 Å². The molecule has 0 unspecified atom stereocenters. The van der Waals surface area contributed by atoms with Crippen LogP contribution in [0.15, 0.2) is 162 Å². The van der Waals surface area contributed by atoms with E-state index < -0.39 is 0 Å². The van der Waals surface area contributed by atoms with Crippen molar-refractivity contribution in [1.82, 2.24) is 9.55 Å². The van der Waals surface area contributed by atoms with Crippen molar-refractivity contribution < 1.29 is 4.42 Å². The summed E-state index contributed by atoms with van der Waals surface area (Å²) >= 11 is 0. The smallest absolute Gasteiger partial charge is 0.229 e. The summed E-state index contributed by atoms with van der Waals surface area (Å²) in [5.41, 5.74) is 10.7. The molecule has 3 nitrogen and oxygen atoms in total. The fourth-order valence-electron chi connectivity index (χ4n) is 6.54. The quantitative estimate of drug-likeness (QED) is 0.214. The number of nitrogens with zero attached hydrogens (tertiary/aromatic N) is 2. The van der Waals surface area contributed by atoms with E-state index in [1.165, 1.54) is 33.0 Å². The van der Waals surface area contributed by atoms with Gasteiger partial charge in [-0.05, 0) is 58.1 Å². The lowest BCUT2D eigenvalue weighted by atomic mass is 9.96. The SMILES string of the molecule is c1ccc(-c2ccc(-c3cccc(-c4cccc5c4oc4nc(-n6c7ccccc7c7ccccc76)ccc45)c3)cc2)cc1. The summed E-state index contributed by atoms with van der Waals surface area (Å²) in [4.78, 5) is 5.08. The van der Waals surface area contributed by atoms with Crippen LogP contribution in [0.5, 0.6) is 0 Å². The van der Waals surface area contributed by atoms with Crippen LogP contribution in [0.3, 0.4) is 0 Å². The minimum Gasteiger partial charge on any atom is -0.437 e. The van der Waals surface area contributed by atoms with E-state index in [0.717, 1.165) is 44.3 Å². The van der Waals surface area contributed by atoms with Crippen LogP contribution < -0.4 is 0 Å². The van der Waals surface area contributed by atoms with Crippen molar-refractivity contribution in [3.8, 4) is 39.2 Å². The van der Waals surface area contributed by atoms with Gasteiger partial charge in [0, 0.05) is 27.1 Å². The maximum Gasteiger partial charge on any atom is 0.229 e. The van der Waals surface area contributed by atoms with Gasteiger partial charge in [0.05, 0.1) is 11.0 Å². The van der Waals surface area contributed by atoms with Crippen molar-refractivity contribution in [2.24, 2.45) is 0 Å². The van der Waals surface area contributed by atoms with E-state index in [1.807, 2.05) is 6.07 Å². The molecule has 0 amide bonds. The van der Waals surface area contributed by atoms with Gasteiger partial charge in [-0.2, -0.15) is 4.98 Å². The number of aromatic nitrogens is 2. The van der Waals surface area contributed by atoms with Crippen LogP contribution in [-0.2, 0) is 0 Å². The van der Waals surface area contributed by atoms with E-state index in [4.69, 9.17) is 9.40 Å². The van der Waals surface area contributed by atoms with E-state index >= 15 is 0 Å². The van der Waals surface area contributed by atoms with Crippen LogP contribution in [0.4, 0.5) is 0 Å². The average molecular weight is 563 g/mol. The Labute approximate surface area is 254 Å². The molecule has 44 heavy (non-hydrogen) atoms. The molecule has 0 saturated heterocycles. The molecule has 0 aliphatic heterocycles. The Kier molecular flexibility index (Phi) is 5.50. The topological polar surface area (TPSA) is 31.0 Å². The molecular formula is C41H26N2O. The van der Waals surface area contributed by atoms with E-state index in [1.54, 1.807) is 0 Å². The fourth-order valence-corrected chi connectivity index (χ4v) is 6.54.